The fourth-order valence-corrected chi connectivity index (χ4v) is 3.98. The average molecular weight is 415 g/mol. The molecular formula is C23H17N3O3S. The number of likely N-dealkylation sites (N-methyl/N-ethyl adjacent to an activating group) is 2. The predicted molar refractivity (Wildman–Crippen MR) is 119 cm³/mol. The molecule has 0 aliphatic carbocycles. The Bertz CT molecular complexity index is 1320. The van der Waals surface area contributed by atoms with Gasteiger partial charge >= 0.3 is 0 Å². The number of rotatable bonds is 2. The molecule has 0 unspecified atom stereocenters. The molecule has 2 amide bonds. The zero-order chi connectivity index (χ0) is 21.0. The van der Waals surface area contributed by atoms with E-state index in [1.807, 2.05) is 47.0 Å². The monoisotopic (exact) mass is 415 g/mol. The van der Waals surface area contributed by atoms with E-state index in [1.165, 1.54) is 15.9 Å². The van der Waals surface area contributed by atoms with E-state index >= 15 is 0 Å². The number of para-hydroxylation sites is 2. The zero-order valence-electron chi connectivity index (χ0n) is 16.3. The molecule has 30 heavy (non-hydrogen) atoms. The average Bonchev–Trinajstić information content (AvgIpc) is 3.36. The number of hydrogen-bond donors (Lipinski definition) is 0. The van der Waals surface area contributed by atoms with Crippen LogP contribution in [-0.4, -0.2) is 45.4 Å². The van der Waals surface area contributed by atoms with Crippen LogP contribution >= 0.6 is 12.2 Å². The molecule has 1 saturated heterocycles. The lowest BCUT2D eigenvalue weighted by Gasteiger charge is -2.31. The predicted octanol–water partition coefficient (Wildman–Crippen LogP) is 3.98. The van der Waals surface area contributed by atoms with Crippen molar-refractivity contribution in [2.75, 3.05) is 14.1 Å². The Balaban J connectivity index is 1.64. The fourth-order valence-electron chi connectivity index (χ4n) is 3.82. The summed E-state index contributed by atoms with van der Waals surface area (Å²) in [5, 5.41) is 2.42. The number of benzene rings is 2. The van der Waals surface area contributed by atoms with Crippen molar-refractivity contribution >= 4 is 57.0 Å². The van der Waals surface area contributed by atoms with Gasteiger partial charge in [-0.1, -0.05) is 36.4 Å². The van der Waals surface area contributed by atoms with Crippen molar-refractivity contribution < 1.29 is 14.0 Å². The maximum Gasteiger partial charge on any atom is 0.265 e. The topological polar surface area (TPSA) is 58.7 Å². The minimum absolute atomic E-state index is 0.0109. The molecule has 0 saturated carbocycles. The summed E-state index contributed by atoms with van der Waals surface area (Å²) in [5.41, 5.74) is 2.04. The van der Waals surface area contributed by atoms with Crippen LogP contribution in [0.15, 0.2) is 70.7 Å². The molecule has 1 aliphatic rings. The molecule has 2 aromatic carbocycles. The van der Waals surface area contributed by atoms with Crippen LogP contribution in [0.5, 0.6) is 0 Å². The van der Waals surface area contributed by atoms with E-state index < -0.39 is 11.8 Å². The summed E-state index contributed by atoms with van der Waals surface area (Å²) in [6, 6.07) is 19.8. The van der Waals surface area contributed by atoms with Crippen molar-refractivity contribution in [3.05, 3.63) is 72.0 Å². The Morgan fingerprint density at radius 3 is 1.90 bits per heavy atom. The van der Waals surface area contributed by atoms with Gasteiger partial charge in [-0.3, -0.25) is 24.0 Å². The molecule has 1 fully saturated rings. The number of fused-ring (bicyclic) bond motifs is 3. The zero-order valence-corrected chi connectivity index (χ0v) is 17.1. The van der Waals surface area contributed by atoms with E-state index in [-0.39, 0.29) is 10.7 Å². The summed E-state index contributed by atoms with van der Waals surface area (Å²) in [7, 11) is 3.10. The Labute approximate surface area is 177 Å². The first-order chi connectivity index (χ1) is 14.5. The molecule has 1 aliphatic heterocycles. The third-order valence-electron chi connectivity index (χ3n) is 5.34. The summed E-state index contributed by atoms with van der Waals surface area (Å²) >= 11 is 5.13. The van der Waals surface area contributed by atoms with Crippen LogP contribution < -0.4 is 0 Å². The van der Waals surface area contributed by atoms with Gasteiger partial charge in [-0.15, -0.1) is 0 Å². The number of nitrogens with zero attached hydrogens (tertiary/aromatic N) is 3. The Hall–Kier alpha value is -3.71. The van der Waals surface area contributed by atoms with Crippen molar-refractivity contribution in [3.63, 3.8) is 0 Å². The summed E-state index contributed by atoms with van der Waals surface area (Å²) in [6.07, 6.45) is 1.47. The second kappa shape index (κ2) is 6.67. The molecule has 5 rings (SSSR count). The largest absolute Gasteiger partial charge is 0.440 e. The van der Waals surface area contributed by atoms with E-state index in [9.17, 15) is 9.59 Å². The van der Waals surface area contributed by atoms with E-state index in [0.717, 1.165) is 21.8 Å². The molecule has 3 heterocycles. The highest BCUT2D eigenvalue weighted by molar-refractivity contribution is 7.80. The van der Waals surface area contributed by atoms with Gasteiger partial charge in [0.15, 0.2) is 5.11 Å². The molecule has 0 N–H and O–H groups in total. The number of aromatic nitrogens is 1. The Morgan fingerprint density at radius 1 is 0.800 bits per heavy atom. The maximum absolute atomic E-state index is 12.6. The highest BCUT2D eigenvalue weighted by atomic mass is 32.1. The quantitative estimate of drug-likeness (QED) is 0.282. The van der Waals surface area contributed by atoms with Gasteiger partial charge in [0.2, 0.25) is 5.88 Å². The van der Waals surface area contributed by atoms with E-state index in [1.54, 1.807) is 20.2 Å². The highest BCUT2D eigenvalue weighted by Crippen LogP contribution is 2.32. The van der Waals surface area contributed by atoms with Crippen molar-refractivity contribution in [1.82, 2.24) is 14.4 Å². The molecule has 0 spiro atoms. The third kappa shape index (κ3) is 2.59. The summed E-state index contributed by atoms with van der Waals surface area (Å²) in [5.74, 6) is 0.126. The lowest BCUT2D eigenvalue weighted by atomic mass is 10.1. The van der Waals surface area contributed by atoms with Crippen LogP contribution in [-0.2, 0) is 9.59 Å². The first-order valence-corrected chi connectivity index (χ1v) is 9.78. The van der Waals surface area contributed by atoms with Crippen LogP contribution in [0, 0.1) is 0 Å². The van der Waals surface area contributed by atoms with Crippen molar-refractivity contribution in [2.24, 2.45) is 0 Å². The number of carbonyl (C=O) groups excluding carboxylic acids is 2. The van der Waals surface area contributed by atoms with Gasteiger partial charge in [0.05, 0.1) is 11.0 Å². The Kier molecular flexibility index (Phi) is 4.08. The van der Waals surface area contributed by atoms with E-state index in [4.69, 9.17) is 16.6 Å². The van der Waals surface area contributed by atoms with Crippen LogP contribution in [0.4, 0.5) is 0 Å². The minimum atomic E-state index is -0.446. The second-order valence-corrected chi connectivity index (χ2v) is 7.48. The van der Waals surface area contributed by atoms with E-state index in [2.05, 4.69) is 12.1 Å². The molecule has 148 valence electrons. The van der Waals surface area contributed by atoms with Crippen LogP contribution in [0.25, 0.3) is 33.8 Å². The molecule has 0 atom stereocenters. The van der Waals surface area contributed by atoms with Crippen LogP contribution in [0.3, 0.4) is 0 Å². The number of carbonyl (C=O) groups is 2. The van der Waals surface area contributed by atoms with Gasteiger partial charge in [-0.2, -0.15) is 0 Å². The molecular weight excluding hydrogens is 398 g/mol. The highest BCUT2D eigenvalue weighted by Gasteiger charge is 2.35. The fraction of sp³-hybridized carbons (Fsp3) is 0.0870. The SMILES string of the molecule is CN1C(=O)C(=Cc2ccc(-n3c4ccccc4c4ccccc43)o2)C(=O)N(C)C1=S. The van der Waals surface area contributed by atoms with Gasteiger partial charge in [0, 0.05) is 30.9 Å². The van der Waals surface area contributed by atoms with Crippen molar-refractivity contribution in [2.45, 2.75) is 0 Å². The first kappa shape index (κ1) is 18.3. The van der Waals surface area contributed by atoms with Crippen LogP contribution in [0.2, 0.25) is 0 Å². The van der Waals surface area contributed by atoms with Gasteiger partial charge in [-0.25, -0.2) is 0 Å². The summed E-state index contributed by atoms with van der Waals surface area (Å²) < 4.78 is 8.09. The molecule has 6 nitrogen and oxygen atoms in total. The van der Waals surface area contributed by atoms with Crippen molar-refractivity contribution in [3.8, 4) is 5.88 Å². The maximum atomic E-state index is 12.6. The van der Waals surface area contributed by atoms with Crippen LogP contribution in [0.1, 0.15) is 5.76 Å². The molecule has 0 bridgehead atoms. The summed E-state index contributed by atoms with van der Waals surface area (Å²) in [4.78, 5) is 27.7. The number of amides is 2. The van der Waals surface area contributed by atoms with E-state index in [0.29, 0.717) is 11.6 Å². The third-order valence-corrected chi connectivity index (χ3v) is 5.89. The number of hydrogen-bond acceptors (Lipinski definition) is 4. The molecule has 0 radical (unpaired) electrons. The van der Waals surface area contributed by atoms with Gasteiger partial charge in [0.25, 0.3) is 11.8 Å². The molecule has 2 aromatic heterocycles. The Morgan fingerprint density at radius 2 is 1.33 bits per heavy atom. The minimum Gasteiger partial charge on any atom is -0.440 e. The first-order valence-electron chi connectivity index (χ1n) is 9.37. The number of furan rings is 1. The second-order valence-electron chi connectivity index (χ2n) is 7.11. The number of thiocarbonyl (C=S) groups is 1. The van der Waals surface area contributed by atoms with Gasteiger partial charge in [-0.05, 0) is 36.5 Å². The van der Waals surface area contributed by atoms with Gasteiger partial charge < -0.3 is 4.42 Å². The summed E-state index contributed by atoms with van der Waals surface area (Å²) in [6.45, 7) is 0. The van der Waals surface area contributed by atoms with Crippen molar-refractivity contribution in [1.29, 1.82) is 0 Å². The molecule has 4 aromatic rings. The normalized spacial score (nSPS) is 15.0. The molecule has 7 heteroatoms. The lowest BCUT2D eigenvalue weighted by Crippen LogP contribution is -2.52. The smallest absolute Gasteiger partial charge is 0.265 e. The lowest BCUT2D eigenvalue weighted by molar-refractivity contribution is -0.132. The van der Waals surface area contributed by atoms with Gasteiger partial charge in [0.1, 0.15) is 11.3 Å². The standard InChI is InChI=1S/C23H17N3O3S/c1-24-21(27)17(22(28)25(2)23(24)30)13-14-11-12-20(29-14)26-18-9-5-3-7-15(18)16-8-4-6-10-19(16)26/h3-13H,1-2H3.